The monoisotopic (exact) mass is 682 g/mol. The molecule has 9 heteroatoms. The lowest BCUT2D eigenvalue weighted by Gasteiger charge is -2.40. The number of carbonyl (C=O) groups excluding carboxylic acids is 1. The smallest absolute Gasteiger partial charge is 0.414 e. The van der Waals surface area contributed by atoms with Crippen LogP contribution in [0.4, 0.5) is 16.4 Å². The number of aryl methyl sites for hydroxylation is 1. The highest BCUT2D eigenvalue weighted by atomic mass is 127. The number of hydrogen-bond donors (Lipinski definition) is 0. The van der Waals surface area contributed by atoms with E-state index in [1.165, 1.54) is 5.56 Å². The summed E-state index contributed by atoms with van der Waals surface area (Å²) >= 11 is 2.32. The van der Waals surface area contributed by atoms with Crippen LogP contribution >= 0.6 is 22.6 Å². The number of piperidine rings is 1. The van der Waals surface area contributed by atoms with Crippen LogP contribution in [-0.4, -0.2) is 48.4 Å². The minimum atomic E-state index is -0.546. The molecule has 0 atom stereocenters. The minimum Gasteiger partial charge on any atom is -0.497 e. The van der Waals surface area contributed by atoms with Crippen molar-refractivity contribution in [3.05, 3.63) is 68.4 Å². The van der Waals surface area contributed by atoms with E-state index in [1.807, 2.05) is 49.9 Å². The second kappa shape index (κ2) is 11.5. The summed E-state index contributed by atoms with van der Waals surface area (Å²) in [6, 6.07) is 14.4. The summed E-state index contributed by atoms with van der Waals surface area (Å²) in [4.78, 5) is 27.5. The molecule has 1 spiro atoms. The molecular formula is C33H39IN4O4. The summed E-state index contributed by atoms with van der Waals surface area (Å²) in [7, 11) is 1.67. The first-order valence-corrected chi connectivity index (χ1v) is 15.9. The van der Waals surface area contributed by atoms with Crippen LogP contribution in [0.2, 0.25) is 0 Å². The SMILES string of the molecule is COc1ccc(COc2nc(N3CCC4(CC3)CN(C(=O)OC(C)(C)C)c3cc(I)ccc34)nc3c2CCCC3)cc1. The molecule has 0 radical (unpaired) electrons. The van der Waals surface area contributed by atoms with Crippen molar-refractivity contribution in [2.45, 2.75) is 76.9 Å². The molecule has 2 aromatic carbocycles. The Morgan fingerprint density at radius 3 is 2.48 bits per heavy atom. The molecule has 42 heavy (non-hydrogen) atoms. The van der Waals surface area contributed by atoms with E-state index in [0.29, 0.717) is 19.0 Å². The maximum Gasteiger partial charge on any atom is 0.414 e. The molecule has 1 aliphatic carbocycles. The van der Waals surface area contributed by atoms with Crippen LogP contribution in [0, 0.1) is 3.57 Å². The Hall–Kier alpha value is -3.08. The van der Waals surface area contributed by atoms with E-state index in [1.54, 1.807) is 7.11 Å². The Labute approximate surface area is 261 Å². The predicted molar refractivity (Wildman–Crippen MR) is 172 cm³/mol. The first kappa shape index (κ1) is 29.0. The molecule has 1 aromatic heterocycles. The van der Waals surface area contributed by atoms with Gasteiger partial charge in [0, 0.05) is 34.2 Å². The minimum absolute atomic E-state index is 0.116. The summed E-state index contributed by atoms with van der Waals surface area (Å²) < 4.78 is 18.6. The fourth-order valence-corrected chi connectivity index (χ4v) is 6.85. The predicted octanol–water partition coefficient (Wildman–Crippen LogP) is 6.84. The van der Waals surface area contributed by atoms with Gasteiger partial charge < -0.3 is 19.1 Å². The summed E-state index contributed by atoms with van der Waals surface area (Å²) in [5.41, 5.74) is 4.90. The lowest BCUT2D eigenvalue weighted by Crippen LogP contribution is -2.47. The van der Waals surface area contributed by atoms with Crippen LogP contribution in [0.15, 0.2) is 42.5 Å². The van der Waals surface area contributed by atoms with Crippen LogP contribution in [-0.2, 0) is 29.6 Å². The molecule has 8 nitrogen and oxygen atoms in total. The standard InChI is InChI=1S/C33H39IN4O4/c1-32(2,3)42-31(39)38-21-33(26-14-11-23(34)19-28(26)38)15-17-37(18-16-33)30-35-27-8-6-5-7-25(27)29(36-30)41-20-22-9-12-24(40-4)13-10-22/h9-14,19H,5-8,15-18,20-21H2,1-4H3. The van der Waals surface area contributed by atoms with Gasteiger partial charge in [0.05, 0.1) is 18.5 Å². The molecular weight excluding hydrogens is 643 g/mol. The van der Waals surface area contributed by atoms with Crippen LogP contribution in [0.3, 0.4) is 0 Å². The molecule has 222 valence electrons. The molecule has 3 aliphatic rings. The van der Waals surface area contributed by atoms with Gasteiger partial charge in [0.1, 0.15) is 18.0 Å². The Morgan fingerprint density at radius 2 is 1.76 bits per heavy atom. The topological polar surface area (TPSA) is 77.0 Å². The fraction of sp³-hybridized carbons (Fsp3) is 0.485. The number of carbonyl (C=O) groups is 1. The number of anilines is 2. The maximum atomic E-state index is 13.3. The summed E-state index contributed by atoms with van der Waals surface area (Å²) in [5.74, 6) is 2.29. The molecule has 6 rings (SSSR count). The summed E-state index contributed by atoms with van der Waals surface area (Å²) in [5, 5.41) is 0. The van der Waals surface area contributed by atoms with Crippen molar-refractivity contribution in [2.75, 3.05) is 36.5 Å². The molecule has 3 aromatic rings. The average Bonchev–Trinajstić information content (AvgIpc) is 3.28. The van der Waals surface area contributed by atoms with Gasteiger partial charge in [0.2, 0.25) is 11.8 Å². The lowest BCUT2D eigenvalue weighted by molar-refractivity contribution is 0.0576. The van der Waals surface area contributed by atoms with Gasteiger partial charge in [-0.3, -0.25) is 4.90 Å². The highest BCUT2D eigenvalue weighted by Crippen LogP contribution is 2.48. The normalized spacial score (nSPS) is 17.5. The summed E-state index contributed by atoms with van der Waals surface area (Å²) in [6.07, 6.45) is 5.71. The molecule has 2 aliphatic heterocycles. The number of rotatable bonds is 5. The van der Waals surface area contributed by atoms with E-state index in [4.69, 9.17) is 24.2 Å². The average molecular weight is 683 g/mol. The van der Waals surface area contributed by atoms with Crippen molar-refractivity contribution < 1.29 is 19.0 Å². The number of methoxy groups -OCH3 is 1. The molecule has 1 amide bonds. The highest BCUT2D eigenvalue weighted by molar-refractivity contribution is 14.1. The van der Waals surface area contributed by atoms with E-state index in [9.17, 15) is 4.79 Å². The molecule has 1 fully saturated rings. The van der Waals surface area contributed by atoms with Gasteiger partial charge >= 0.3 is 6.09 Å². The van der Waals surface area contributed by atoms with Crippen LogP contribution in [0.5, 0.6) is 11.6 Å². The van der Waals surface area contributed by atoms with Crippen molar-refractivity contribution in [1.82, 2.24) is 9.97 Å². The molecule has 0 saturated carbocycles. The zero-order valence-electron chi connectivity index (χ0n) is 24.9. The molecule has 0 unspecified atom stereocenters. The van der Waals surface area contributed by atoms with E-state index in [-0.39, 0.29) is 11.5 Å². The first-order valence-electron chi connectivity index (χ1n) is 14.9. The van der Waals surface area contributed by atoms with Crippen LogP contribution in [0.1, 0.15) is 68.8 Å². The van der Waals surface area contributed by atoms with Gasteiger partial charge in [-0.25, -0.2) is 9.78 Å². The number of benzene rings is 2. The van der Waals surface area contributed by atoms with Crippen molar-refractivity contribution in [3.63, 3.8) is 0 Å². The van der Waals surface area contributed by atoms with Crippen LogP contribution in [0.25, 0.3) is 0 Å². The number of hydrogen-bond acceptors (Lipinski definition) is 7. The largest absolute Gasteiger partial charge is 0.497 e. The highest BCUT2D eigenvalue weighted by Gasteiger charge is 2.47. The third-order valence-electron chi connectivity index (χ3n) is 8.57. The molecule has 0 N–H and O–H groups in total. The van der Waals surface area contributed by atoms with Gasteiger partial charge in [0.25, 0.3) is 0 Å². The number of nitrogens with zero attached hydrogens (tertiary/aromatic N) is 4. The van der Waals surface area contributed by atoms with Gasteiger partial charge in [-0.1, -0.05) is 18.2 Å². The third kappa shape index (κ3) is 5.89. The van der Waals surface area contributed by atoms with E-state index < -0.39 is 5.60 Å². The quantitative estimate of drug-likeness (QED) is 0.273. The first-order chi connectivity index (χ1) is 20.1. The van der Waals surface area contributed by atoms with E-state index in [2.05, 4.69) is 45.7 Å². The van der Waals surface area contributed by atoms with Crippen molar-refractivity contribution in [1.29, 1.82) is 0 Å². The Morgan fingerprint density at radius 1 is 1.02 bits per heavy atom. The molecule has 1 saturated heterocycles. The fourth-order valence-electron chi connectivity index (χ4n) is 6.37. The second-order valence-electron chi connectivity index (χ2n) is 12.6. The number of amides is 1. The number of aromatic nitrogens is 2. The second-order valence-corrected chi connectivity index (χ2v) is 13.8. The van der Waals surface area contributed by atoms with Gasteiger partial charge in [-0.2, -0.15) is 4.98 Å². The maximum absolute atomic E-state index is 13.3. The van der Waals surface area contributed by atoms with Gasteiger partial charge in [0.15, 0.2) is 0 Å². The lowest BCUT2D eigenvalue weighted by atomic mass is 9.74. The molecule has 0 bridgehead atoms. The zero-order valence-corrected chi connectivity index (χ0v) is 27.1. The number of fused-ring (bicyclic) bond motifs is 3. The third-order valence-corrected chi connectivity index (χ3v) is 9.24. The Balaban J connectivity index is 1.22. The van der Waals surface area contributed by atoms with Gasteiger partial charge in [-0.15, -0.1) is 0 Å². The van der Waals surface area contributed by atoms with E-state index >= 15 is 0 Å². The number of ether oxygens (including phenoxy) is 3. The van der Waals surface area contributed by atoms with E-state index in [0.717, 1.165) is 89.4 Å². The summed E-state index contributed by atoms with van der Waals surface area (Å²) in [6.45, 7) is 8.45. The van der Waals surface area contributed by atoms with Crippen molar-refractivity contribution in [2.24, 2.45) is 0 Å². The van der Waals surface area contributed by atoms with Crippen LogP contribution < -0.4 is 19.3 Å². The zero-order chi connectivity index (χ0) is 29.5. The van der Waals surface area contributed by atoms with Gasteiger partial charge in [-0.05, 0) is 117 Å². The Bertz CT molecular complexity index is 1460. The number of halogens is 1. The Kier molecular flexibility index (Phi) is 7.97. The van der Waals surface area contributed by atoms with Crippen molar-refractivity contribution in [3.8, 4) is 11.6 Å². The molecule has 3 heterocycles. The van der Waals surface area contributed by atoms with Crippen molar-refractivity contribution >= 4 is 40.3 Å².